The third-order valence-electron chi connectivity index (χ3n) is 3.58. The summed E-state index contributed by atoms with van der Waals surface area (Å²) in [7, 11) is 0. The summed E-state index contributed by atoms with van der Waals surface area (Å²) in [5.41, 5.74) is 9.64. The maximum absolute atomic E-state index is 5.73. The number of fused-ring (bicyclic) bond motifs is 1. The Morgan fingerprint density at radius 2 is 1.75 bits per heavy atom. The number of benzene rings is 2. The van der Waals surface area contributed by atoms with Gasteiger partial charge in [-0.3, -0.25) is 0 Å². The van der Waals surface area contributed by atoms with Crippen molar-refractivity contribution in [2.75, 3.05) is 6.54 Å². The molecular formula is C17H17BrN2. The summed E-state index contributed by atoms with van der Waals surface area (Å²) in [5, 5.41) is 1.28. The van der Waals surface area contributed by atoms with Crippen molar-refractivity contribution in [2.45, 2.75) is 13.0 Å². The van der Waals surface area contributed by atoms with Gasteiger partial charge in [-0.25, -0.2) is 0 Å². The number of halogens is 1. The highest BCUT2D eigenvalue weighted by Crippen LogP contribution is 2.24. The number of rotatable bonds is 4. The van der Waals surface area contributed by atoms with E-state index in [4.69, 9.17) is 5.73 Å². The van der Waals surface area contributed by atoms with Crippen LogP contribution >= 0.6 is 15.9 Å². The molecule has 0 bridgehead atoms. The monoisotopic (exact) mass is 328 g/mol. The Balaban J connectivity index is 2.06. The lowest BCUT2D eigenvalue weighted by Gasteiger charge is -2.11. The molecule has 20 heavy (non-hydrogen) atoms. The van der Waals surface area contributed by atoms with Crippen molar-refractivity contribution in [2.24, 2.45) is 5.73 Å². The van der Waals surface area contributed by atoms with Crippen LogP contribution in [-0.2, 0) is 13.0 Å². The largest absolute Gasteiger partial charge is 0.343 e. The normalized spacial score (nSPS) is 11.1. The van der Waals surface area contributed by atoms with Gasteiger partial charge in [-0.05, 0) is 41.6 Å². The standard InChI is InChI=1S/C17H17BrN2/c18-16-7-2-1-4-15(16)12-20-11-9-14-6-3-5-13(8-10-19)17(14)20/h1-7,9,11H,8,10,12,19H2. The Labute approximate surface area is 127 Å². The molecule has 2 aromatic carbocycles. The molecule has 102 valence electrons. The highest BCUT2D eigenvalue weighted by Gasteiger charge is 2.07. The Kier molecular flexibility index (Phi) is 3.90. The Morgan fingerprint density at radius 3 is 2.55 bits per heavy atom. The smallest absolute Gasteiger partial charge is 0.0516 e. The average Bonchev–Trinajstić information content (AvgIpc) is 2.86. The van der Waals surface area contributed by atoms with Crippen LogP contribution in [0.15, 0.2) is 59.2 Å². The van der Waals surface area contributed by atoms with Gasteiger partial charge < -0.3 is 10.3 Å². The minimum Gasteiger partial charge on any atom is -0.343 e. The summed E-state index contributed by atoms with van der Waals surface area (Å²) in [5.74, 6) is 0. The number of nitrogens with two attached hydrogens (primary N) is 1. The van der Waals surface area contributed by atoms with Crippen LogP contribution in [-0.4, -0.2) is 11.1 Å². The molecule has 0 spiro atoms. The maximum Gasteiger partial charge on any atom is 0.0516 e. The van der Waals surface area contributed by atoms with Crippen molar-refractivity contribution in [1.82, 2.24) is 4.57 Å². The molecule has 1 heterocycles. The molecule has 0 fully saturated rings. The van der Waals surface area contributed by atoms with Crippen molar-refractivity contribution < 1.29 is 0 Å². The lowest BCUT2D eigenvalue weighted by molar-refractivity contribution is 0.824. The third-order valence-corrected chi connectivity index (χ3v) is 4.36. The summed E-state index contributed by atoms with van der Waals surface area (Å²) in [6.45, 7) is 1.55. The maximum atomic E-state index is 5.73. The number of aromatic nitrogens is 1. The lowest BCUT2D eigenvalue weighted by atomic mass is 10.1. The molecule has 3 rings (SSSR count). The lowest BCUT2D eigenvalue weighted by Crippen LogP contribution is -2.06. The Bertz CT molecular complexity index is 731. The average molecular weight is 329 g/mol. The van der Waals surface area contributed by atoms with E-state index >= 15 is 0 Å². The highest BCUT2D eigenvalue weighted by molar-refractivity contribution is 9.10. The van der Waals surface area contributed by atoms with Gasteiger partial charge in [0.1, 0.15) is 0 Å². The van der Waals surface area contributed by atoms with Crippen LogP contribution in [0.5, 0.6) is 0 Å². The van der Waals surface area contributed by atoms with E-state index in [1.165, 1.54) is 22.0 Å². The number of hydrogen-bond acceptors (Lipinski definition) is 1. The quantitative estimate of drug-likeness (QED) is 0.772. The summed E-state index contributed by atoms with van der Waals surface area (Å²) in [6.07, 6.45) is 3.07. The molecule has 0 saturated carbocycles. The fourth-order valence-electron chi connectivity index (χ4n) is 2.64. The summed E-state index contributed by atoms with van der Waals surface area (Å²) in [4.78, 5) is 0. The molecule has 2 N–H and O–H groups in total. The molecule has 0 aliphatic heterocycles. The van der Waals surface area contributed by atoms with Gasteiger partial charge in [0.2, 0.25) is 0 Å². The minimum atomic E-state index is 0.680. The van der Waals surface area contributed by atoms with Gasteiger partial charge in [0.05, 0.1) is 5.52 Å². The molecule has 0 saturated heterocycles. The van der Waals surface area contributed by atoms with Crippen LogP contribution in [0.1, 0.15) is 11.1 Å². The Morgan fingerprint density at radius 1 is 0.950 bits per heavy atom. The molecule has 3 aromatic rings. The molecule has 0 unspecified atom stereocenters. The van der Waals surface area contributed by atoms with E-state index in [0.29, 0.717) is 6.54 Å². The second-order valence-corrected chi connectivity index (χ2v) is 5.78. The van der Waals surface area contributed by atoms with E-state index in [9.17, 15) is 0 Å². The predicted octanol–water partition coefficient (Wildman–Crippen LogP) is 3.95. The third kappa shape index (κ3) is 2.51. The molecule has 0 aliphatic carbocycles. The van der Waals surface area contributed by atoms with Crippen molar-refractivity contribution in [3.8, 4) is 0 Å². The van der Waals surface area contributed by atoms with Crippen LogP contribution in [0.25, 0.3) is 10.9 Å². The van der Waals surface area contributed by atoms with Crippen LogP contribution < -0.4 is 5.73 Å². The van der Waals surface area contributed by atoms with Crippen molar-refractivity contribution in [1.29, 1.82) is 0 Å². The summed E-state index contributed by atoms with van der Waals surface area (Å²) >= 11 is 3.62. The fourth-order valence-corrected chi connectivity index (χ4v) is 3.05. The minimum absolute atomic E-state index is 0.680. The van der Waals surface area contributed by atoms with Gasteiger partial charge in [0.25, 0.3) is 0 Å². The van der Waals surface area contributed by atoms with Crippen molar-refractivity contribution >= 4 is 26.8 Å². The highest BCUT2D eigenvalue weighted by atomic mass is 79.9. The first-order valence-corrected chi connectivity index (χ1v) is 7.59. The van der Waals surface area contributed by atoms with Gasteiger partial charge in [-0.15, -0.1) is 0 Å². The van der Waals surface area contributed by atoms with Gasteiger partial charge in [-0.1, -0.05) is 52.3 Å². The molecule has 3 heteroatoms. The first kappa shape index (κ1) is 13.4. The van der Waals surface area contributed by atoms with E-state index in [1.807, 2.05) is 6.07 Å². The zero-order valence-electron chi connectivity index (χ0n) is 11.2. The molecule has 0 amide bonds. The van der Waals surface area contributed by atoms with Crippen LogP contribution in [0.2, 0.25) is 0 Å². The van der Waals surface area contributed by atoms with Gasteiger partial charge in [0, 0.05) is 17.2 Å². The molecule has 0 atom stereocenters. The first-order chi connectivity index (χ1) is 9.79. The predicted molar refractivity (Wildman–Crippen MR) is 87.9 cm³/mol. The molecule has 2 nitrogen and oxygen atoms in total. The van der Waals surface area contributed by atoms with Crippen LogP contribution in [0.4, 0.5) is 0 Å². The number of nitrogens with zero attached hydrogens (tertiary/aromatic N) is 1. The topological polar surface area (TPSA) is 30.9 Å². The zero-order valence-corrected chi connectivity index (χ0v) is 12.8. The fraction of sp³-hybridized carbons (Fsp3) is 0.176. The molecular weight excluding hydrogens is 312 g/mol. The van der Waals surface area contributed by atoms with Crippen LogP contribution in [0.3, 0.4) is 0 Å². The second-order valence-electron chi connectivity index (χ2n) is 4.93. The molecule has 0 aliphatic rings. The van der Waals surface area contributed by atoms with Crippen molar-refractivity contribution in [3.63, 3.8) is 0 Å². The molecule has 0 radical (unpaired) electrons. The van der Waals surface area contributed by atoms with E-state index in [1.54, 1.807) is 0 Å². The zero-order chi connectivity index (χ0) is 13.9. The first-order valence-electron chi connectivity index (χ1n) is 6.80. The summed E-state index contributed by atoms with van der Waals surface area (Å²) < 4.78 is 3.46. The van der Waals surface area contributed by atoms with Crippen molar-refractivity contribution in [3.05, 3.63) is 70.3 Å². The van der Waals surface area contributed by atoms with Gasteiger partial charge in [0.15, 0.2) is 0 Å². The second kappa shape index (κ2) is 5.81. The Hall–Kier alpha value is -1.58. The molecule has 1 aromatic heterocycles. The van der Waals surface area contributed by atoms with E-state index in [-0.39, 0.29) is 0 Å². The van der Waals surface area contributed by atoms with E-state index in [2.05, 4.69) is 69.2 Å². The van der Waals surface area contributed by atoms with Gasteiger partial charge in [-0.2, -0.15) is 0 Å². The van der Waals surface area contributed by atoms with E-state index < -0.39 is 0 Å². The SMILES string of the molecule is NCCc1cccc2ccn(Cc3ccccc3Br)c12. The summed E-state index contributed by atoms with van der Waals surface area (Å²) in [6, 6.07) is 17.0. The van der Waals surface area contributed by atoms with E-state index in [0.717, 1.165) is 17.4 Å². The number of hydrogen-bond donors (Lipinski definition) is 1. The van der Waals surface area contributed by atoms with Crippen LogP contribution in [0, 0.1) is 0 Å². The number of para-hydroxylation sites is 1. The van der Waals surface area contributed by atoms with Gasteiger partial charge >= 0.3 is 0 Å².